The molecule has 2 aromatic heterocycles. The van der Waals surface area contributed by atoms with Crippen LogP contribution < -0.4 is 10.9 Å². The van der Waals surface area contributed by atoms with E-state index in [1.807, 2.05) is 44.2 Å². The molecular weight excluding hydrogens is 402 g/mol. The van der Waals surface area contributed by atoms with Gasteiger partial charge in [0.15, 0.2) is 5.65 Å². The van der Waals surface area contributed by atoms with Crippen molar-refractivity contribution >= 4 is 28.5 Å². The van der Waals surface area contributed by atoms with Gasteiger partial charge in [-0.05, 0) is 37.1 Å². The second kappa shape index (κ2) is 8.12. The number of fused-ring (bicyclic) bond motifs is 1. The lowest BCUT2D eigenvalue weighted by molar-refractivity contribution is -0.121. The van der Waals surface area contributed by atoms with Crippen LogP contribution in [0.1, 0.15) is 16.7 Å². The molecule has 30 heavy (non-hydrogen) atoms. The van der Waals surface area contributed by atoms with E-state index in [-0.39, 0.29) is 18.0 Å². The van der Waals surface area contributed by atoms with E-state index < -0.39 is 0 Å². The molecule has 7 nitrogen and oxygen atoms in total. The highest BCUT2D eigenvalue weighted by molar-refractivity contribution is 6.30. The van der Waals surface area contributed by atoms with Gasteiger partial charge in [-0.3, -0.25) is 14.2 Å². The zero-order valence-corrected chi connectivity index (χ0v) is 17.3. The first-order valence-electron chi connectivity index (χ1n) is 9.44. The molecule has 0 atom stereocenters. The molecule has 0 bridgehead atoms. The number of carbonyl (C=O) groups excluding carboxylic acids is 1. The smallest absolute Gasteiger partial charge is 0.264 e. The summed E-state index contributed by atoms with van der Waals surface area (Å²) in [5.41, 5.74) is 3.94. The summed E-state index contributed by atoms with van der Waals surface area (Å²) in [5, 5.41) is 8.04. The first-order valence-corrected chi connectivity index (χ1v) is 9.82. The molecule has 0 fully saturated rings. The maximum atomic E-state index is 12.8. The molecule has 1 amide bonds. The van der Waals surface area contributed by atoms with Crippen molar-refractivity contribution in [3.63, 3.8) is 0 Å². The fourth-order valence-corrected chi connectivity index (χ4v) is 3.33. The Labute approximate surface area is 177 Å². The van der Waals surface area contributed by atoms with Crippen molar-refractivity contribution in [3.05, 3.63) is 87.1 Å². The van der Waals surface area contributed by atoms with Crippen LogP contribution in [0.3, 0.4) is 0 Å². The van der Waals surface area contributed by atoms with Crippen molar-refractivity contribution in [2.24, 2.45) is 0 Å². The Morgan fingerprint density at radius 3 is 2.67 bits per heavy atom. The lowest BCUT2D eigenvalue weighted by Crippen LogP contribution is -2.32. The van der Waals surface area contributed by atoms with Crippen LogP contribution in [0.4, 0.5) is 0 Å². The summed E-state index contributed by atoms with van der Waals surface area (Å²) in [6.07, 6.45) is 2.83. The predicted molar refractivity (Wildman–Crippen MR) is 116 cm³/mol. The maximum Gasteiger partial charge on any atom is 0.264 e. The number of carbonyl (C=O) groups is 1. The first-order chi connectivity index (χ1) is 14.4. The lowest BCUT2D eigenvalue weighted by Gasteiger charge is -2.09. The van der Waals surface area contributed by atoms with Crippen LogP contribution in [0, 0.1) is 13.8 Å². The molecule has 2 aromatic carbocycles. The van der Waals surface area contributed by atoms with E-state index >= 15 is 0 Å². The number of hydrogen-bond donors (Lipinski definition) is 1. The number of nitrogens with one attached hydrogen (secondary N) is 1. The highest BCUT2D eigenvalue weighted by Crippen LogP contribution is 2.21. The maximum absolute atomic E-state index is 12.8. The number of aryl methyl sites for hydroxylation is 2. The van der Waals surface area contributed by atoms with Crippen LogP contribution >= 0.6 is 11.6 Å². The molecule has 2 heterocycles. The summed E-state index contributed by atoms with van der Waals surface area (Å²) in [6.45, 7) is 4.22. The third-order valence-corrected chi connectivity index (χ3v) is 5.11. The Morgan fingerprint density at radius 1 is 1.13 bits per heavy atom. The fourth-order valence-electron chi connectivity index (χ4n) is 3.17. The zero-order valence-electron chi connectivity index (χ0n) is 16.6. The second-order valence-corrected chi connectivity index (χ2v) is 7.60. The average Bonchev–Trinajstić information content (AvgIpc) is 3.16. The Morgan fingerprint density at radius 2 is 1.90 bits per heavy atom. The monoisotopic (exact) mass is 421 g/mol. The quantitative estimate of drug-likeness (QED) is 0.536. The van der Waals surface area contributed by atoms with E-state index in [0.717, 1.165) is 22.4 Å². The van der Waals surface area contributed by atoms with Crippen LogP contribution in [-0.2, 0) is 17.9 Å². The van der Waals surface area contributed by atoms with E-state index in [1.165, 1.54) is 17.1 Å². The molecule has 152 valence electrons. The third kappa shape index (κ3) is 3.97. The summed E-state index contributed by atoms with van der Waals surface area (Å²) in [5.74, 6) is -0.267. The Hall–Kier alpha value is -3.45. The van der Waals surface area contributed by atoms with Crippen LogP contribution in [0.2, 0.25) is 5.02 Å². The molecule has 0 spiro atoms. The molecule has 0 aliphatic rings. The number of hydrogen-bond acceptors (Lipinski definition) is 4. The molecule has 0 saturated carbocycles. The van der Waals surface area contributed by atoms with Crippen molar-refractivity contribution in [2.45, 2.75) is 26.9 Å². The molecule has 8 heteroatoms. The van der Waals surface area contributed by atoms with Crippen LogP contribution in [0.15, 0.2) is 59.8 Å². The Balaban J connectivity index is 1.55. The van der Waals surface area contributed by atoms with Gasteiger partial charge in [-0.15, -0.1) is 0 Å². The normalized spacial score (nSPS) is 11.0. The molecule has 4 aromatic rings. The number of aromatic nitrogens is 4. The van der Waals surface area contributed by atoms with Crippen molar-refractivity contribution in [1.82, 2.24) is 24.6 Å². The van der Waals surface area contributed by atoms with E-state index in [9.17, 15) is 9.59 Å². The topological polar surface area (TPSA) is 81.8 Å². The number of benzene rings is 2. The van der Waals surface area contributed by atoms with Crippen molar-refractivity contribution < 1.29 is 4.79 Å². The lowest BCUT2D eigenvalue weighted by atomic mass is 10.1. The van der Waals surface area contributed by atoms with Gasteiger partial charge in [0.1, 0.15) is 18.3 Å². The van der Waals surface area contributed by atoms with Gasteiger partial charge in [0.2, 0.25) is 5.91 Å². The molecule has 0 aliphatic carbocycles. The van der Waals surface area contributed by atoms with Gasteiger partial charge in [-0.1, -0.05) is 47.5 Å². The van der Waals surface area contributed by atoms with Crippen LogP contribution in [0.5, 0.6) is 0 Å². The average molecular weight is 422 g/mol. The van der Waals surface area contributed by atoms with Crippen molar-refractivity contribution in [1.29, 1.82) is 0 Å². The Bertz CT molecular complexity index is 1290. The molecule has 0 radical (unpaired) electrons. The van der Waals surface area contributed by atoms with Gasteiger partial charge in [0.05, 0.1) is 11.9 Å². The van der Waals surface area contributed by atoms with Crippen molar-refractivity contribution in [2.75, 3.05) is 0 Å². The number of rotatable bonds is 5. The van der Waals surface area contributed by atoms with E-state index in [0.29, 0.717) is 22.6 Å². The minimum absolute atomic E-state index is 0.116. The van der Waals surface area contributed by atoms with Gasteiger partial charge in [0.25, 0.3) is 5.56 Å². The SMILES string of the molecule is Cc1ccc(CNC(=O)Cn2cnc3c(cnn3-c3cc(Cl)ccc3C)c2=O)cc1. The van der Waals surface area contributed by atoms with Gasteiger partial charge >= 0.3 is 0 Å². The molecule has 4 rings (SSSR count). The van der Waals surface area contributed by atoms with Gasteiger partial charge in [-0.25, -0.2) is 9.67 Å². The van der Waals surface area contributed by atoms with Gasteiger partial charge in [-0.2, -0.15) is 5.10 Å². The van der Waals surface area contributed by atoms with Crippen LogP contribution in [-0.4, -0.2) is 25.2 Å². The molecule has 0 aliphatic heterocycles. The molecular formula is C22H20ClN5O2. The highest BCUT2D eigenvalue weighted by atomic mass is 35.5. The summed E-state index contributed by atoms with van der Waals surface area (Å²) < 4.78 is 2.86. The van der Waals surface area contributed by atoms with Gasteiger partial charge in [0, 0.05) is 11.6 Å². The number of nitrogens with zero attached hydrogens (tertiary/aromatic N) is 4. The summed E-state index contributed by atoms with van der Waals surface area (Å²) in [7, 11) is 0. The molecule has 1 N–H and O–H groups in total. The van der Waals surface area contributed by atoms with E-state index in [4.69, 9.17) is 11.6 Å². The largest absolute Gasteiger partial charge is 0.350 e. The second-order valence-electron chi connectivity index (χ2n) is 7.16. The minimum atomic E-state index is -0.323. The standard InChI is InChI=1S/C22H20ClN5O2/c1-14-3-6-16(7-4-14)10-24-20(29)12-27-13-25-21-18(22(27)30)11-26-28(21)19-9-17(23)8-5-15(19)2/h3-9,11,13H,10,12H2,1-2H3,(H,24,29). The zero-order chi connectivity index (χ0) is 21.3. The number of amides is 1. The van der Waals surface area contributed by atoms with E-state index in [1.54, 1.807) is 16.8 Å². The third-order valence-electron chi connectivity index (χ3n) is 4.88. The van der Waals surface area contributed by atoms with E-state index in [2.05, 4.69) is 15.4 Å². The van der Waals surface area contributed by atoms with Crippen molar-refractivity contribution in [3.8, 4) is 5.69 Å². The van der Waals surface area contributed by atoms with Crippen LogP contribution in [0.25, 0.3) is 16.7 Å². The molecule has 0 saturated heterocycles. The summed E-state index contributed by atoms with van der Waals surface area (Å²) in [6, 6.07) is 13.3. The highest BCUT2D eigenvalue weighted by Gasteiger charge is 2.14. The van der Waals surface area contributed by atoms with Gasteiger partial charge < -0.3 is 5.32 Å². The Kier molecular flexibility index (Phi) is 5.37. The predicted octanol–water partition coefficient (Wildman–Crippen LogP) is 3.17. The fraction of sp³-hybridized carbons (Fsp3) is 0.182. The first kappa shape index (κ1) is 19.8. The summed E-state index contributed by atoms with van der Waals surface area (Å²) >= 11 is 6.11. The minimum Gasteiger partial charge on any atom is -0.350 e. The molecule has 0 unspecified atom stereocenters. The number of halogens is 1. The summed E-state index contributed by atoms with van der Waals surface area (Å²) in [4.78, 5) is 29.5.